The van der Waals surface area contributed by atoms with Crippen LogP contribution in [-0.2, 0) is 9.53 Å². The number of morpholine rings is 1. The van der Waals surface area contributed by atoms with Gasteiger partial charge in [0.05, 0.1) is 55.5 Å². The second-order valence-corrected chi connectivity index (χ2v) is 10.3. The molecule has 4 aromatic rings. The van der Waals surface area contributed by atoms with Crippen molar-refractivity contribution >= 4 is 51.5 Å². The number of pyridine rings is 1. The molecule has 3 N–H and O–H groups in total. The standard InChI is InChI=1S/C30H30F2N4O6S/c1-5-24(37)35-19-12-16(36-8-10-41-11-9-36)6-7-18(19)34-23-13-17-22(15-33-23)42-29(30(17)43-4)28(38)25-26(31)20(39-2)14-21(40-3)27(25)32/h5-7,12-15,28,38H,1,8-11H2,2-4H3,(H,33,34)(H,35,37). The molecule has 0 aliphatic carbocycles. The Kier molecular flexibility index (Phi) is 9.04. The lowest BCUT2D eigenvalue weighted by molar-refractivity contribution is -0.111. The highest BCUT2D eigenvalue weighted by atomic mass is 32.2. The van der Waals surface area contributed by atoms with Gasteiger partial charge in [-0.2, -0.15) is 0 Å². The third-order valence-electron chi connectivity index (χ3n) is 6.97. The molecular formula is C30H30F2N4O6S. The molecule has 0 saturated carbocycles. The number of amides is 1. The van der Waals surface area contributed by atoms with Crippen LogP contribution in [0, 0.1) is 11.6 Å². The maximum atomic E-state index is 15.2. The van der Waals surface area contributed by atoms with Crippen LogP contribution in [0.4, 0.5) is 31.7 Å². The summed E-state index contributed by atoms with van der Waals surface area (Å²) >= 11 is 1.23. The maximum absolute atomic E-state index is 15.2. The summed E-state index contributed by atoms with van der Waals surface area (Å²) in [7, 11) is 2.45. The third kappa shape index (κ3) is 5.96. The van der Waals surface area contributed by atoms with E-state index < -0.39 is 23.3 Å². The van der Waals surface area contributed by atoms with Gasteiger partial charge in [0.2, 0.25) is 5.91 Å². The predicted octanol–water partition coefficient (Wildman–Crippen LogP) is 5.63. The number of carbonyl (C=O) groups is 1. The minimum atomic E-state index is -1.82. The zero-order chi connectivity index (χ0) is 30.7. The van der Waals surface area contributed by atoms with Crippen molar-refractivity contribution in [2.75, 3.05) is 62.3 Å². The van der Waals surface area contributed by atoms with Crippen molar-refractivity contribution in [2.45, 2.75) is 11.0 Å². The van der Waals surface area contributed by atoms with E-state index in [4.69, 9.17) is 18.6 Å². The second-order valence-electron chi connectivity index (χ2n) is 9.44. The largest absolute Gasteiger partial charge is 0.494 e. The van der Waals surface area contributed by atoms with Crippen molar-refractivity contribution in [1.82, 2.24) is 4.98 Å². The fourth-order valence-electron chi connectivity index (χ4n) is 4.82. The summed E-state index contributed by atoms with van der Waals surface area (Å²) in [6, 6.07) is 8.38. The minimum absolute atomic E-state index is 0.0663. The Balaban J connectivity index is 1.52. The van der Waals surface area contributed by atoms with Crippen LogP contribution in [0.2, 0.25) is 0 Å². The predicted molar refractivity (Wildman–Crippen MR) is 161 cm³/mol. The Morgan fingerprint density at radius 1 is 1.14 bits per heavy atom. The van der Waals surface area contributed by atoms with Gasteiger partial charge in [-0.3, -0.25) is 4.79 Å². The van der Waals surface area contributed by atoms with E-state index in [1.807, 2.05) is 18.2 Å². The molecule has 2 aromatic carbocycles. The number of hydrogen-bond donors (Lipinski definition) is 3. The van der Waals surface area contributed by atoms with Crippen LogP contribution in [0.25, 0.3) is 11.0 Å². The van der Waals surface area contributed by atoms with Gasteiger partial charge in [0.25, 0.3) is 0 Å². The number of aromatic nitrogens is 1. The average Bonchev–Trinajstić information content (AvgIpc) is 3.40. The number of nitrogens with one attached hydrogen (secondary N) is 2. The van der Waals surface area contributed by atoms with Gasteiger partial charge in [-0.15, -0.1) is 11.8 Å². The Labute approximate surface area is 250 Å². The first-order chi connectivity index (χ1) is 20.8. The van der Waals surface area contributed by atoms with E-state index in [1.54, 1.807) is 12.3 Å². The number of methoxy groups -OCH3 is 2. The van der Waals surface area contributed by atoms with Gasteiger partial charge in [0.15, 0.2) is 34.5 Å². The van der Waals surface area contributed by atoms with Gasteiger partial charge in [0.1, 0.15) is 11.9 Å². The number of hydrogen-bond acceptors (Lipinski definition) is 10. The summed E-state index contributed by atoms with van der Waals surface area (Å²) in [4.78, 5) is 19.3. The fraction of sp³-hybridized carbons (Fsp3) is 0.267. The quantitative estimate of drug-likeness (QED) is 0.154. The number of furan rings is 1. The molecule has 1 saturated heterocycles. The number of anilines is 4. The Morgan fingerprint density at radius 2 is 1.84 bits per heavy atom. The maximum Gasteiger partial charge on any atom is 0.247 e. The smallest absolute Gasteiger partial charge is 0.247 e. The van der Waals surface area contributed by atoms with Gasteiger partial charge in [0, 0.05) is 30.2 Å². The first-order valence-electron chi connectivity index (χ1n) is 13.2. The zero-order valence-corrected chi connectivity index (χ0v) is 24.5. The molecule has 226 valence electrons. The number of benzene rings is 2. The number of rotatable bonds is 10. The highest BCUT2D eigenvalue weighted by Gasteiger charge is 2.31. The molecule has 1 fully saturated rings. The van der Waals surface area contributed by atoms with Crippen LogP contribution in [-0.4, -0.2) is 62.8 Å². The molecule has 1 aliphatic heterocycles. The zero-order valence-electron chi connectivity index (χ0n) is 23.7. The molecule has 1 atom stereocenters. The lowest BCUT2D eigenvalue weighted by Crippen LogP contribution is -2.36. The number of aliphatic hydroxyl groups is 1. The molecule has 1 unspecified atom stereocenters. The normalized spacial score (nSPS) is 14.0. The highest BCUT2D eigenvalue weighted by Crippen LogP contribution is 2.43. The van der Waals surface area contributed by atoms with E-state index in [1.165, 1.54) is 38.3 Å². The number of ether oxygens (including phenoxy) is 3. The first kappa shape index (κ1) is 30.1. The Hall–Kier alpha value is -4.33. The van der Waals surface area contributed by atoms with E-state index in [0.29, 0.717) is 46.3 Å². The topological polar surface area (TPSA) is 118 Å². The van der Waals surface area contributed by atoms with Crippen LogP contribution in [0.3, 0.4) is 0 Å². The molecule has 2 aromatic heterocycles. The molecule has 10 nitrogen and oxygen atoms in total. The molecule has 43 heavy (non-hydrogen) atoms. The highest BCUT2D eigenvalue weighted by molar-refractivity contribution is 7.98. The van der Waals surface area contributed by atoms with Gasteiger partial charge < -0.3 is 39.3 Å². The van der Waals surface area contributed by atoms with Crippen molar-refractivity contribution in [2.24, 2.45) is 0 Å². The van der Waals surface area contributed by atoms with Crippen LogP contribution in [0.1, 0.15) is 17.4 Å². The van der Waals surface area contributed by atoms with Crippen molar-refractivity contribution in [1.29, 1.82) is 0 Å². The number of halogens is 2. The number of fused-ring (bicyclic) bond motifs is 1. The van der Waals surface area contributed by atoms with Crippen LogP contribution in [0.5, 0.6) is 11.5 Å². The van der Waals surface area contributed by atoms with E-state index in [9.17, 15) is 9.90 Å². The first-order valence-corrected chi connectivity index (χ1v) is 14.4. The molecule has 0 bridgehead atoms. The molecule has 5 rings (SSSR count). The van der Waals surface area contributed by atoms with Crippen molar-refractivity contribution in [3.63, 3.8) is 0 Å². The van der Waals surface area contributed by atoms with Gasteiger partial charge in [-0.05, 0) is 36.6 Å². The summed E-state index contributed by atoms with van der Waals surface area (Å²) in [6.07, 6.45) is 2.56. The lowest BCUT2D eigenvalue weighted by Gasteiger charge is -2.29. The third-order valence-corrected chi connectivity index (χ3v) is 7.80. The Morgan fingerprint density at radius 3 is 2.47 bits per heavy atom. The average molecular weight is 613 g/mol. The van der Waals surface area contributed by atoms with E-state index in [-0.39, 0.29) is 23.2 Å². The number of nitrogens with zero attached hydrogens (tertiary/aromatic N) is 2. The van der Waals surface area contributed by atoms with Crippen LogP contribution < -0.4 is 25.0 Å². The van der Waals surface area contributed by atoms with Gasteiger partial charge >= 0.3 is 0 Å². The summed E-state index contributed by atoms with van der Waals surface area (Å²) < 4.78 is 51.7. The number of carbonyl (C=O) groups excluding carboxylic acids is 1. The van der Waals surface area contributed by atoms with Crippen molar-refractivity contribution < 1.29 is 37.3 Å². The molecule has 0 radical (unpaired) electrons. The monoisotopic (exact) mass is 612 g/mol. The number of thioether (sulfide) groups is 1. The van der Waals surface area contributed by atoms with Crippen molar-refractivity contribution in [3.05, 3.63) is 72.1 Å². The molecule has 13 heteroatoms. The van der Waals surface area contributed by atoms with Crippen LogP contribution >= 0.6 is 11.8 Å². The number of aliphatic hydroxyl groups excluding tert-OH is 1. The van der Waals surface area contributed by atoms with Gasteiger partial charge in [-0.1, -0.05) is 6.58 Å². The summed E-state index contributed by atoms with van der Waals surface area (Å²) in [5.41, 5.74) is 1.63. The SMILES string of the molecule is C=CC(=O)Nc1cc(N2CCOCC2)ccc1Nc1cc2c(SC)c(C(O)c3c(F)c(OC)cc(OC)c3F)oc2cn1. The van der Waals surface area contributed by atoms with Crippen LogP contribution in [0.15, 0.2) is 58.5 Å². The summed E-state index contributed by atoms with van der Waals surface area (Å²) in [5, 5.41) is 17.8. The van der Waals surface area contributed by atoms with E-state index >= 15 is 8.78 Å². The van der Waals surface area contributed by atoms with E-state index in [2.05, 4.69) is 27.1 Å². The fourth-order valence-corrected chi connectivity index (χ4v) is 5.55. The lowest BCUT2D eigenvalue weighted by atomic mass is 10.0. The Bertz CT molecular complexity index is 1650. The summed E-state index contributed by atoms with van der Waals surface area (Å²) in [5.74, 6) is -2.77. The molecule has 0 spiro atoms. The molecule has 1 aliphatic rings. The molecule has 1 amide bonds. The molecule has 3 heterocycles. The molecular weight excluding hydrogens is 582 g/mol. The van der Waals surface area contributed by atoms with Crippen molar-refractivity contribution in [3.8, 4) is 11.5 Å². The van der Waals surface area contributed by atoms with E-state index in [0.717, 1.165) is 24.8 Å². The summed E-state index contributed by atoms with van der Waals surface area (Å²) in [6.45, 7) is 6.21. The minimum Gasteiger partial charge on any atom is -0.494 e. The van der Waals surface area contributed by atoms with Gasteiger partial charge in [-0.25, -0.2) is 13.8 Å². The second kappa shape index (κ2) is 12.9.